The van der Waals surface area contributed by atoms with Gasteiger partial charge in [-0.05, 0) is 42.7 Å². The number of para-hydroxylation sites is 1. The number of hydrogen-bond donors (Lipinski definition) is 0. The van der Waals surface area contributed by atoms with Gasteiger partial charge in [0.25, 0.3) is 5.91 Å². The lowest BCUT2D eigenvalue weighted by Gasteiger charge is -2.03. The van der Waals surface area contributed by atoms with E-state index in [1.807, 2.05) is 32.0 Å². The molecule has 25 heavy (non-hydrogen) atoms. The van der Waals surface area contributed by atoms with Crippen LogP contribution in [0.3, 0.4) is 0 Å². The van der Waals surface area contributed by atoms with E-state index >= 15 is 0 Å². The maximum atomic E-state index is 14.1. The van der Waals surface area contributed by atoms with Crippen molar-refractivity contribution in [2.45, 2.75) is 26.8 Å². The number of amides is 1. The highest BCUT2D eigenvalue weighted by molar-refractivity contribution is 7.16. The highest BCUT2D eigenvalue weighted by Gasteiger charge is 2.11. The highest BCUT2D eigenvalue weighted by atomic mass is 32.1. The monoisotopic (exact) mass is 352 g/mol. The van der Waals surface area contributed by atoms with Gasteiger partial charge >= 0.3 is 0 Å². The number of thiazole rings is 1. The van der Waals surface area contributed by atoms with Gasteiger partial charge in [-0.3, -0.25) is 4.79 Å². The van der Waals surface area contributed by atoms with E-state index in [1.165, 1.54) is 23.0 Å². The van der Waals surface area contributed by atoms with Crippen LogP contribution in [0.1, 0.15) is 16.7 Å². The highest BCUT2D eigenvalue weighted by Crippen LogP contribution is 2.20. The molecular weight excluding hydrogens is 335 g/mol. The van der Waals surface area contributed by atoms with Gasteiger partial charge in [0.1, 0.15) is 5.82 Å². The maximum absolute atomic E-state index is 14.1. The molecule has 0 saturated carbocycles. The molecule has 0 radical (unpaired) electrons. The molecule has 0 saturated heterocycles. The fourth-order valence-corrected chi connectivity index (χ4v) is 3.71. The molecule has 0 fully saturated rings. The predicted molar refractivity (Wildman–Crippen MR) is 98.8 cm³/mol. The molecule has 1 heterocycles. The molecular formula is C20H17FN2OS. The Morgan fingerprint density at radius 1 is 1.28 bits per heavy atom. The van der Waals surface area contributed by atoms with Gasteiger partial charge in [-0.1, -0.05) is 41.5 Å². The van der Waals surface area contributed by atoms with Gasteiger partial charge in [-0.15, -0.1) is 6.42 Å². The summed E-state index contributed by atoms with van der Waals surface area (Å²) in [6, 6.07) is 10.7. The fraction of sp³-hybridized carbons (Fsp3) is 0.200. The summed E-state index contributed by atoms with van der Waals surface area (Å²) in [6.45, 7) is 4.20. The Bertz CT molecular complexity index is 1070. The predicted octanol–water partition coefficient (Wildman–Crippen LogP) is 3.76. The SMILES string of the molecule is C#CCn1c(=NC(=O)Cc2ccc(C)c(C)c2)sc2cccc(F)c21. The molecule has 5 heteroatoms. The first-order chi connectivity index (χ1) is 12.0. The Morgan fingerprint density at radius 2 is 2.08 bits per heavy atom. The number of hydrogen-bond acceptors (Lipinski definition) is 2. The molecule has 1 aromatic heterocycles. The number of nitrogens with zero attached hydrogens (tertiary/aromatic N) is 2. The van der Waals surface area contributed by atoms with Crippen molar-refractivity contribution >= 4 is 27.5 Å². The second-order valence-electron chi connectivity index (χ2n) is 5.86. The zero-order chi connectivity index (χ0) is 18.0. The number of aromatic nitrogens is 1. The molecule has 3 aromatic rings. The molecule has 1 amide bonds. The van der Waals surface area contributed by atoms with Crippen molar-refractivity contribution in [3.8, 4) is 12.3 Å². The summed E-state index contributed by atoms with van der Waals surface area (Å²) < 4.78 is 16.4. The fourth-order valence-electron chi connectivity index (χ4n) is 2.64. The lowest BCUT2D eigenvalue weighted by molar-refractivity contribution is -0.117. The molecule has 0 bridgehead atoms. The van der Waals surface area contributed by atoms with Crippen molar-refractivity contribution in [1.82, 2.24) is 4.57 Å². The summed E-state index contributed by atoms with van der Waals surface area (Å²) in [5.74, 6) is 1.85. The van der Waals surface area contributed by atoms with Crippen LogP contribution >= 0.6 is 11.3 Å². The number of aryl methyl sites for hydroxylation is 2. The van der Waals surface area contributed by atoms with E-state index in [1.54, 1.807) is 16.7 Å². The maximum Gasteiger partial charge on any atom is 0.252 e. The van der Waals surface area contributed by atoms with Gasteiger partial charge in [-0.2, -0.15) is 4.99 Å². The number of benzene rings is 2. The summed E-state index contributed by atoms with van der Waals surface area (Å²) in [6.07, 6.45) is 5.60. The van der Waals surface area contributed by atoms with E-state index in [4.69, 9.17) is 6.42 Å². The largest absolute Gasteiger partial charge is 0.302 e. The molecule has 3 nitrogen and oxygen atoms in total. The van der Waals surface area contributed by atoms with Crippen LogP contribution in [0, 0.1) is 32.0 Å². The van der Waals surface area contributed by atoms with Crippen LogP contribution in [-0.4, -0.2) is 10.5 Å². The molecule has 2 aromatic carbocycles. The van der Waals surface area contributed by atoms with Crippen LogP contribution in [0.15, 0.2) is 41.4 Å². The minimum absolute atomic E-state index is 0.163. The minimum atomic E-state index is -0.368. The topological polar surface area (TPSA) is 34.4 Å². The van der Waals surface area contributed by atoms with E-state index in [9.17, 15) is 9.18 Å². The first kappa shape index (κ1) is 17.1. The molecule has 0 aliphatic heterocycles. The average molecular weight is 352 g/mol. The second-order valence-corrected chi connectivity index (χ2v) is 6.87. The van der Waals surface area contributed by atoms with Crippen LogP contribution < -0.4 is 4.80 Å². The molecule has 0 spiro atoms. The first-order valence-electron chi connectivity index (χ1n) is 7.84. The normalized spacial score (nSPS) is 11.7. The number of carbonyl (C=O) groups excluding carboxylic acids is 1. The molecule has 0 unspecified atom stereocenters. The van der Waals surface area contributed by atoms with Crippen molar-refractivity contribution in [1.29, 1.82) is 0 Å². The number of carbonyl (C=O) groups is 1. The number of terminal acetylenes is 1. The van der Waals surface area contributed by atoms with Crippen LogP contribution in [0.25, 0.3) is 10.2 Å². The van der Waals surface area contributed by atoms with Gasteiger partial charge in [0.2, 0.25) is 0 Å². The van der Waals surface area contributed by atoms with Gasteiger partial charge in [0.15, 0.2) is 4.80 Å². The van der Waals surface area contributed by atoms with Crippen LogP contribution in [0.4, 0.5) is 4.39 Å². The number of halogens is 1. The van der Waals surface area contributed by atoms with E-state index in [-0.39, 0.29) is 24.7 Å². The van der Waals surface area contributed by atoms with E-state index in [0.717, 1.165) is 11.1 Å². The molecule has 3 rings (SSSR count). The van der Waals surface area contributed by atoms with Crippen molar-refractivity contribution in [2.24, 2.45) is 4.99 Å². The molecule has 0 atom stereocenters. The van der Waals surface area contributed by atoms with Gasteiger partial charge < -0.3 is 4.57 Å². The van der Waals surface area contributed by atoms with Crippen LogP contribution in [0.5, 0.6) is 0 Å². The van der Waals surface area contributed by atoms with E-state index in [0.29, 0.717) is 15.0 Å². The lowest BCUT2D eigenvalue weighted by Crippen LogP contribution is -2.17. The van der Waals surface area contributed by atoms with Crippen molar-refractivity contribution < 1.29 is 9.18 Å². The van der Waals surface area contributed by atoms with Gasteiger partial charge in [0.05, 0.1) is 23.2 Å². The number of fused-ring (bicyclic) bond motifs is 1. The lowest BCUT2D eigenvalue weighted by atomic mass is 10.0. The summed E-state index contributed by atoms with van der Waals surface area (Å²) in [7, 11) is 0. The standard InChI is InChI=1S/C20H17FN2OS/c1-4-10-23-19-16(21)6-5-7-17(19)25-20(23)22-18(24)12-15-9-8-13(2)14(3)11-15/h1,5-9,11H,10,12H2,2-3H3. The Labute approximate surface area is 149 Å². The van der Waals surface area contributed by atoms with Crippen molar-refractivity contribution in [3.05, 3.63) is 63.7 Å². The van der Waals surface area contributed by atoms with E-state index < -0.39 is 0 Å². The second kappa shape index (κ2) is 7.04. The van der Waals surface area contributed by atoms with E-state index in [2.05, 4.69) is 10.9 Å². The van der Waals surface area contributed by atoms with Crippen molar-refractivity contribution in [3.63, 3.8) is 0 Å². The summed E-state index contributed by atoms with van der Waals surface area (Å²) in [5.41, 5.74) is 3.62. The smallest absolute Gasteiger partial charge is 0.252 e. The summed E-state index contributed by atoms with van der Waals surface area (Å²) >= 11 is 1.26. The van der Waals surface area contributed by atoms with Crippen LogP contribution in [0.2, 0.25) is 0 Å². The average Bonchev–Trinajstić information content (AvgIpc) is 2.90. The molecule has 0 aliphatic carbocycles. The zero-order valence-corrected chi connectivity index (χ0v) is 14.9. The zero-order valence-electron chi connectivity index (χ0n) is 14.0. The Balaban J connectivity index is 2.01. The Kier molecular flexibility index (Phi) is 4.82. The Hall–Kier alpha value is -2.71. The minimum Gasteiger partial charge on any atom is -0.302 e. The summed E-state index contributed by atoms with van der Waals surface area (Å²) in [4.78, 5) is 17.0. The van der Waals surface area contributed by atoms with Gasteiger partial charge in [0, 0.05) is 0 Å². The summed E-state index contributed by atoms with van der Waals surface area (Å²) in [5, 5.41) is 0. The van der Waals surface area contributed by atoms with Gasteiger partial charge in [-0.25, -0.2) is 4.39 Å². The third-order valence-corrected chi connectivity index (χ3v) is 5.09. The molecule has 126 valence electrons. The number of rotatable bonds is 3. The third-order valence-electron chi connectivity index (χ3n) is 4.05. The quantitative estimate of drug-likeness (QED) is 0.661. The van der Waals surface area contributed by atoms with Crippen molar-refractivity contribution in [2.75, 3.05) is 0 Å². The molecule has 0 aliphatic rings. The first-order valence-corrected chi connectivity index (χ1v) is 8.66. The Morgan fingerprint density at radius 3 is 2.80 bits per heavy atom. The van der Waals surface area contributed by atoms with Crippen LogP contribution in [-0.2, 0) is 17.8 Å². The third kappa shape index (κ3) is 3.54. The molecule has 0 N–H and O–H groups in total.